The van der Waals surface area contributed by atoms with Crippen LogP contribution in [0.15, 0.2) is 58.5 Å². The van der Waals surface area contributed by atoms with Crippen molar-refractivity contribution in [2.24, 2.45) is 0 Å². The highest BCUT2D eigenvalue weighted by molar-refractivity contribution is 7.19. The lowest BCUT2D eigenvalue weighted by Gasteiger charge is -2.08. The van der Waals surface area contributed by atoms with E-state index in [1.54, 1.807) is 31.5 Å². The lowest BCUT2D eigenvalue weighted by atomic mass is 10.2. The summed E-state index contributed by atoms with van der Waals surface area (Å²) in [6.45, 7) is 1.75. The number of amides is 1. The Morgan fingerprint density at radius 2 is 2.06 bits per heavy atom. The molecule has 3 aromatic heterocycles. The van der Waals surface area contributed by atoms with Crippen LogP contribution in [-0.2, 0) is 13.1 Å². The predicted molar refractivity (Wildman–Crippen MR) is 116 cm³/mol. The van der Waals surface area contributed by atoms with Crippen LogP contribution in [0.2, 0.25) is 5.02 Å². The summed E-state index contributed by atoms with van der Waals surface area (Å²) in [5, 5.41) is 2.73. The number of rotatable bonds is 5. The molecule has 4 aromatic rings. The van der Waals surface area contributed by atoms with Gasteiger partial charge in [-0.2, -0.15) is 0 Å². The Kier molecular flexibility index (Phi) is 5.71. The number of benzene rings is 1. The number of hydrogen-bond donors (Lipinski definition) is 1. The third-order valence-electron chi connectivity index (χ3n) is 4.72. The second-order valence-corrected chi connectivity index (χ2v) is 8.30. The molecule has 158 valence electrons. The normalized spacial score (nSPS) is 11.1. The van der Waals surface area contributed by atoms with E-state index in [0.29, 0.717) is 20.8 Å². The molecular weight excluding hydrogens is 443 g/mol. The minimum absolute atomic E-state index is 0.0424. The van der Waals surface area contributed by atoms with Gasteiger partial charge in [0.15, 0.2) is 0 Å². The molecule has 0 aliphatic rings. The van der Waals surface area contributed by atoms with Gasteiger partial charge in [-0.15, -0.1) is 11.3 Å². The zero-order valence-electron chi connectivity index (χ0n) is 16.3. The molecule has 1 N–H and O–H groups in total. The summed E-state index contributed by atoms with van der Waals surface area (Å²) in [5.74, 6) is -0.997. The zero-order chi connectivity index (χ0) is 22.1. The highest BCUT2D eigenvalue weighted by Crippen LogP contribution is 2.19. The van der Waals surface area contributed by atoms with Gasteiger partial charge in [0.25, 0.3) is 11.5 Å². The first kappa shape index (κ1) is 21.0. The molecule has 3 heterocycles. The number of pyridine rings is 1. The van der Waals surface area contributed by atoms with Crippen molar-refractivity contribution in [1.82, 2.24) is 19.3 Å². The minimum Gasteiger partial charge on any atom is -0.347 e. The Bertz CT molecular complexity index is 1410. The summed E-state index contributed by atoms with van der Waals surface area (Å²) in [6, 6.07) is 7.70. The first-order chi connectivity index (χ1) is 14.8. The van der Waals surface area contributed by atoms with Gasteiger partial charge in [0, 0.05) is 30.7 Å². The SMILES string of the molecule is Cc1c(=O)n(Cc2ccc(Cl)c(F)c2)c(=O)n2cc(C(=O)NCc3cccnc3)sc12. The van der Waals surface area contributed by atoms with E-state index in [0.717, 1.165) is 21.5 Å². The molecular formula is C21H16ClFN4O3S. The summed E-state index contributed by atoms with van der Waals surface area (Å²) < 4.78 is 16.0. The maximum atomic E-state index is 13.8. The summed E-state index contributed by atoms with van der Waals surface area (Å²) in [4.78, 5) is 43.0. The molecule has 0 fully saturated rings. The Balaban J connectivity index is 1.67. The van der Waals surface area contributed by atoms with E-state index in [2.05, 4.69) is 10.3 Å². The van der Waals surface area contributed by atoms with Crippen LogP contribution in [0.1, 0.15) is 26.4 Å². The number of carbonyl (C=O) groups is 1. The number of aromatic nitrogens is 3. The molecule has 0 radical (unpaired) electrons. The van der Waals surface area contributed by atoms with Gasteiger partial charge in [-0.1, -0.05) is 23.7 Å². The standard InChI is InChI=1S/C21H16ClFN4O3S/c1-12-19(29)26(10-13-4-5-15(22)16(23)7-13)21(30)27-11-17(31-20(12)27)18(28)25-9-14-3-2-6-24-8-14/h2-8,11H,9-10H2,1H3,(H,25,28). The van der Waals surface area contributed by atoms with Gasteiger partial charge in [-0.25, -0.2) is 9.18 Å². The lowest BCUT2D eigenvalue weighted by molar-refractivity contribution is 0.0954. The van der Waals surface area contributed by atoms with E-state index < -0.39 is 17.1 Å². The first-order valence-corrected chi connectivity index (χ1v) is 10.4. The molecule has 7 nitrogen and oxygen atoms in total. The van der Waals surface area contributed by atoms with Crippen LogP contribution in [0, 0.1) is 12.7 Å². The first-order valence-electron chi connectivity index (χ1n) is 9.22. The molecule has 1 amide bonds. The predicted octanol–water partition coefficient (Wildman–Crippen LogP) is 3.00. The Hall–Kier alpha value is -3.30. The maximum absolute atomic E-state index is 13.8. The highest BCUT2D eigenvalue weighted by Gasteiger charge is 2.18. The number of hydrogen-bond acceptors (Lipinski definition) is 5. The van der Waals surface area contributed by atoms with Crippen LogP contribution in [0.5, 0.6) is 0 Å². The number of aryl methyl sites for hydroxylation is 1. The number of thiazole rings is 1. The van der Waals surface area contributed by atoms with Crippen molar-refractivity contribution >= 4 is 33.7 Å². The van der Waals surface area contributed by atoms with Crippen molar-refractivity contribution in [3.05, 3.63) is 102 Å². The van der Waals surface area contributed by atoms with Crippen molar-refractivity contribution in [2.75, 3.05) is 0 Å². The second kappa shape index (κ2) is 8.44. The number of fused-ring (bicyclic) bond motifs is 1. The van der Waals surface area contributed by atoms with Gasteiger partial charge in [-0.3, -0.25) is 23.5 Å². The van der Waals surface area contributed by atoms with Crippen molar-refractivity contribution < 1.29 is 9.18 Å². The largest absolute Gasteiger partial charge is 0.347 e. The minimum atomic E-state index is -0.631. The number of nitrogens with zero attached hydrogens (tertiary/aromatic N) is 3. The quantitative estimate of drug-likeness (QED) is 0.498. The molecule has 0 aliphatic carbocycles. The Labute approximate surface area is 184 Å². The van der Waals surface area contributed by atoms with Crippen LogP contribution >= 0.6 is 22.9 Å². The average Bonchev–Trinajstić information content (AvgIpc) is 3.23. The topological polar surface area (TPSA) is 85.5 Å². The molecule has 0 saturated heterocycles. The highest BCUT2D eigenvalue weighted by atomic mass is 35.5. The van der Waals surface area contributed by atoms with E-state index in [1.807, 2.05) is 6.07 Å². The van der Waals surface area contributed by atoms with Crippen molar-refractivity contribution in [1.29, 1.82) is 0 Å². The molecule has 10 heteroatoms. The van der Waals surface area contributed by atoms with Crippen LogP contribution in [0.3, 0.4) is 0 Å². The summed E-state index contributed by atoms with van der Waals surface area (Å²) in [6.07, 6.45) is 4.69. The fraction of sp³-hybridized carbons (Fsp3) is 0.143. The van der Waals surface area contributed by atoms with Gasteiger partial charge in [0.05, 0.1) is 11.6 Å². The molecule has 0 unspecified atom stereocenters. The van der Waals surface area contributed by atoms with Gasteiger partial charge < -0.3 is 5.32 Å². The Morgan fingerprint density at radius 1 is 1.26 bits per heavy atom. The molecule has 0 saturated carbocycles. The van der Waals surface area contributed by atoms with Crippen LogP contribution in [0.4, 0.5) is 4.39 Å². The summed E-state index contributed by atoms with van der Waals surface area (Å²) in [7, 11) is 0. The van der Waals surface area contributed by atoms with Gasteiger partial charge >= 0.3 is 5.69 Å². The van der Waals surface area contributed by atoms with Crippen LogP contribution < -0.4 is 16.6 Å². The van der Waals surface area contributed by atoms with Gasteiger partial charge in [0.2, 0.25) is 0 Å². The van der Waals surface area contributed by atoms with Crippen molar-refractivity contribution in [3.63, 3.8) is 0 Å². The fourth-order valence-corrected chi connectivity index (χ4v) is 4.22. The number of carbonyl (C=O) groups excluding carboxylic acids is 1. The van der Waals surface area contributed by atoms with Crippen molar-refractivity contribution in [2.45, 2.75) is 20.0 Å². The fourth-order valence-electron chi connectivity index (χ4n) is 3.10. The van der Waals surface area contributed by atoms with Crippen molar-refractivity contribution in [3.8, 4) is 0 Å². The smallest absolute Gasteiger partial charge is 0.336 e. The van der Waals surface area contributed by atoms with E-state index in [-0.39, 0.29) is 24.0 Å². The van der Waals surface area contributed by atoms with E-state index >= 15 is 0 Å². The van der Waals surface area contributed by atoms with Crippen LogP contribution in [0.25, 0.3) is 4.83 Å². The molecule has 31 heavy (non-hydrogen) atoms. The summed E-state index contributed by atoms with van der Waals surface area (Å²) in [5.41, 5.74) is 0.476. The van der Waals surface area contributed by atoms with E-state index in [1.165, 1.54) is 22.7 Å². The number of nitrogens with one attached hydrogen (secondary N) is 1. The second-order valence-electron chi connectivity index (χ2n) is 6.86. The third-order valence-corrected chi connectivity index (χ3v) is 6.23. The van der Waals surface area contributed by atoms with E-state index in [4.69, 9.17) is 11.6 Å². The molecule has 0 aliphatic heterocycles. The maximum Gasteiger partial charge on any atom is 0.336 e. The number of halogens is 2. The van der Waals surface area contributed by atoms with Gasteiger partial charge in [0.1, 0.15) is 15.5 Å². The molecule has 4 rings (SSSR count). The third kappa shape index (κ3) is 4.14. The Morgan fingerprint density at radius 3 is 2.77 bits per heavy atom. The average molecular weight is 459 g/mol. The van der Waals surface area contributed by atoms with Crippen LogP contribution in [-0.4, -0.2) is 19.9 Å². The summed E-state index contributed by atoms with van der Waals surface area (Å²) >= 11 is 6.76. The molecule has 0 bridgehead atoms. The van der Waals surface area contributed by atoms with Gasteiger partial charge in [-0.05, 0) is 36.2 Å². The molecule has 0 atom stereocenters. The molecule has 1 aromatic carbocycles. The van der Waals surface area contributed by atoms with E-state index in [9.17, 15) is 18.8 Å². The zero-order valence-corrected chi connectivity index (χ0v) is 17.8. The lowest BCUT2D eigenvalue weighted by Crippen LogP contribution is -2.38. The monoisotopic (exact) mass is 458 g/mol. The molecule has 0 spiro atoms.